The first-order valence-corrected chi connectivity index (χ1v) is 8.95. The molecule has 0 unspecified atom stereocenters. The molecule has 7 heteroatoms. The molecule has 1 amide bonds. The number of carbonyl (C=O) groups excluding carboxylic acids is 1. The summed E-state index contributed by atoms with van der Waals surface area (Å²) in [4.78, 5) is 12.6. The van der Waals surface area contributed by atoms with Crippen molar-refractivity contribution < 1.29 is 14.3 Å². The van der Waals surface area contributed by atoms with Crippen LogP contribution in [0.2, 0.25) is 0 Å². The quantitative estimate of drug-likeness (QED) is 0.709. The predicted molar refractivity (Wildman–Crippen MR) is 106 cm³/mol. The smallest absolute Gasteiger partial charge is 0.273 e. The summed E-state index contributed by atoms with van der Waals surface area (Å²) in [5.41, 5.74) is 4.37. The van der Waals surface area contributed by atoms with E-state index in [1.54, 1.807) is 25.1 Å². The first kappa shape index (κ1) is 19.4. The minimum Gasteiger partial charge on any atom is -0.493 e. The highest BCUT2D eigenvalue weighted by Gasteiger charge is 2.17. The number of ether oxygens (including phenoxy) is 2. The van der Waals surface area contributed by atoms with E-state index in [4.69, 9.17) is 9.47 Å². The average Bonchev–Trinajstić information content (AvgIpc) is 3.19. The van der Waals surface area contributed by atoms with Crippen LogP contribution >= 0.6 is 0 Å². The number of hydrogen-bond donors (Lipinski definition) is 1. The summed E-state index contributed by atoms with van der Waals surface area (Å²) in [7, 11) is 3.16. The first-order valence-electron chi connectivity index (χ1n) is 8.95. The molecule has 3 rings (SSSR count). The molecule has 0 spiro atoms. The Labute approximate surface area is 164 Å². The number of aryl methyl sites for hydroxylation is 2. The lowest BCUT2D eigenvalue weighted by Gasteiger charge is -2.15. The van der Waals surface area contributed by atoms with Gasteiger partial charge in [-0.1, -0.05) is 17.3 Å². The van der Waals surface area contributed by atoms with Crippen LogP contribution in [-0.2, 0) is 0 Å². The van der Waals surface area contributed by atoms with E-state index in [0.29, 0.717) is 11.5 Å². The van der Waals surface area contributed by atoms with Crippen LogP contribution in [0.5, 0.6) is 11.5 Å². The second-order valence-electron chi connectivity index (χ2n) is 6.63. The highest BCUT2D eigenvalue weighted by molar-refractivity contribution is 5.92. The molecular weight excluding hydrogens is 356 g/mol. The summed E-state index contributed by atoms with van der Waals surface area (Å²) < 4.78 is 12.2. The summed E-state index contributed by atoms with van der Waals surface area (Å²) in [6.07, 6.45) is 1.63. The fourth-order valence-electron chi connectivity index (χ4n) is 2.84. The highest BCUT2D eigenvalue weighted by atomic mass is 16.5. The number of rotatable bonds is 6. The Balaban J connectivity index is 1.74. The highest BCUT2D eigenvalue weighted by Crippen LogP contribution is 2.29. The van der Waals surface area contributed by atoms with Crippen molar-refractivity contribution in [3.05, 3.63) is 65.0 Å². The maximum atomic E-state index is 12.6. The van der Waals surface area contributed by atoms with Crippen LogP contribution in [0, 0.1) is 13.8 Å². The fourth-order valence-corrected chi connectivity index (χ4v) is 2.84. The van der Waals surface area contributed by atoms with Crippen LogP contribution < -0.4 is 14.8 Å². The molecule has 0 bridgehead atoms. The summed E-state index contributed by atoms with van der Waals surface area (Å²) in [5.74, 6) is 0.959. The van der Waals surface area contributed by atoms with Crippen molar-refractivity contribution in [1.29, 1.82) is 0 Å². The van der Waals surface area contributed by atoms with Crippen molar-refractivity contribution >= 4 is 5.91 Å². The Bertz CT molecular complexity index is 997. The molecular formula is C21H24N4O3. The number of methoxy groups -OCH3 is 2. The van der Waals surface area contributed by atoms with E-state index in [0.717, 1.165) is 16.8 Å². The molecule has 0 fully saturated rings. The van der Waals surface area contributed by atoms with Gasteiger partial charge in [-0.05, 0) is 61.7 Å². The van der Waals surface area contributed by atoms with E-state index in [1.807, 2.05) is 50.2 Å². The van der Waals surface area contributed by atoms with E-state index in [9.17, 15) is 4.79 Å². The molecule has 1 atom stereocenters. The van der Waals surface area contributed by atoms with Crippen LogP contribution in [0.15, 0.2) is 42.6 Å². The van der Waals surface area contributed by atoms with Crippen molar-refractivity contribution in [2.75, 3.05) is 14.2 Å². The van der Waals surface area contributed by atoms with Gasteiger partial charge in [0, 0.05) is 0 Å². The standard InChI is InChI=1S/C21H24N4O3/c1-13-6-8-17(10-14(13)2)25-12-18(23-24-25)21(26)22-15(3)16-7-9-19(27-4)20(11-16)28-5/h6-12,15H,1-5H3,(H,22,26)/t15-/m0/s1. The maximum absolute atomic E-state index is 12.6. The van der Waals surface area contributed by atoms with Gasteiger partial charge in [0.2, 0.25) is 0 Å². The van der Waals surface area contributed by atoms with E-state index in [1.165, 1.54) is 5.56 Å². The Morgan fingerprint density at radius 3 is 2.46 bits per heavy atom. The fraction of sp³-hybridized carbons (Fsp3) is 0.286. The van der Waals surface area contributed by atoms with Gasteiger partial charge >= 0.3 is 0 Å². The number of nitrogens with zero attached hydrogens (tertiary/aromatic N) is 3. The molecule has 2 aromatic carbocycles. The van der Waals surface area contributed by atoms with Gasteiger partial charge in [0.25, 0.3) is 5.91 Å². The largest absolute Gasteiger partial charge is 0.493 e. The van der Waals surface area contributed by atoms with Gasteiger partial charge in [-0.2, -0.15) is 0 Å². The van der Waals surface area contributed by atoms with Crippen LogP contribution in [0.4, 0.5) is 0 Å². The van der Waals surface area contributed by atoms with Gasteiger partial charge in [-0.25, -0.2) is 4.68 Å². The number of benzene rings is 2. The molecule has 0 saturated heterocycles. The Morgan fingerprint density at radius 2 is 1.79 bits per heavy atom. The molecule has 28 heavy (non-hydrogen) atoms. The lowest BCUT2D eigenvalue weighted by Crippen LogP contribution is -2.27. The molecule has 0 aliphatic rings. The minimum atomic E-state index is -0.294. The van der Waals surface area contributed by atoms with E-state index < -0.39 is 0 Å². The second-order valence-corrected chi connectivity index (χ2v) is 6.63. The zero-order chi connectivity index (χ0) is 20.3. The van der Waals surface area contributed by atoms with Crippen LogP contribution in [0.1, 0.15) is 40.1 Å². The van der Waals surface area contributed by atoms with Crippen molar-refractivity contribution in [2.24, 2.45) is 0 Å². The second kappa shape index (κ2) is 8.12. The third kappa shape index (κ3) is 3.98. The van der Waals surface area contributed by atoms with Gasteiger partial charge < -0.3 is 14.8 Å². The SMILES string of the molecule is COc1ccc([C@H](C)NC(=O)c2cn(-c3ccc(C)c(C)c3)nn2)cc1OC. The number of nitrogens with one attached hydrogen (secondary N) is 1. The summed E-state index contributed by atoms with van der Waals surface area (Å²) >= 11 is 0. The molecule has 0 saturated carbocycles. The van der Waals surface area contributed by atoms with Crippen molar-refractivity contribution in [2.45, 2.75) is 26.8 Å². The van der Waals surface area contributed by atoms with Crippen LogP contribution in [0.3, 0.4) is 0 Å². The normalized spacial score (nSPS) is 11.8. The molecule has 1 N–H and O–H groups in total. The van der Waals surface area contributed by atoms with Crippen molar-refractivity contribution in [3.63, 3.8) is 0 Å². The third-order valence-corrected chi connectivity index (χ3v) is 4.74. The number of amides is 1. The lowest BCUT2D eigenvalue weighted by atomic mass is 10.1. The predicted octanol–water partition coefficient (Wildman–Crippen LogP) is 3.39. The van der Waals surface area contributed by atoms with Crippen molar-refractivity contribution in [1.82, 2.24) is 20.3 Å². The van der Waals surface area contributed by atoms with Crippen molar-refractivity contribution in [3.8, 4) is 17.2 Å². The molecule has 3 aromatic rings. The summed E-state index contributed by atoms with van der Waals surface area (Å²) in [6, 6.07) is 11.3. The zero-order valence-corrected chi connectivity index (χ0v) is 16.7. The molecule has 146 valence electrons. The number of aromatic nitrogens is 3. The van der Waals surface area contributed by atoms with E-state index in [2.05, 4.69) is 22.6 Å². The Morgan fingerprint density at radius 1 is 1.04 bits per heavy atom. The van der Waals surface area contributed by atoms with Gasteiger partial charge in [-0.3, -0.25) is 4.79 Å². The summed E-state index contributed by atoms with van der Waals surface area (Å²) in [6.45, 7) is 5.98. The Kier molecular flexibility index (Phi) is 5.63. The van der Waals surface area contributed by atoms with Crippen LogP contribution in [-0.4, -0.2) is 35.1 Å². The molecule has 7 nitrogen and oxygen atoms in total. The Hall–Kier alpha value is -3.35. The van der Waals surface area contributed by atoms with Gasteiger partial charge in [0.1, 0.15) is 0 Å². The topological polar surface area (TPSA) is 78.3 Å². The number of carbonyl (C=O) groups is 1. The minimum absolute atomic E-state index is 0.237. The number of hydrogen-bond acceptors (Lipinski definition) is 5. The zero-order valence-electron chi connectivity index (χ0n) is 16.7. The maximum Gasteiger partial charge on any atom is 0.273 e. The van der Waals surface area contributed by atoms with E-state index >= 15 is 0 Å². The molecule has 0 aliphatic heterocycles. The van der Waals surface area contributed by atoms with Gasteiger partial charge in [-0.15, -0.1) is 5.10 Å². The third-order valence-electron chi connectivity index (χ3n) is 4.74. The molecule has 0 aliphatic carbocycles. The average molecular weight is 380 g/mol. The molecule has 1 heterocycles. The van der Waals surface area contributed by atoms with Crippen LogP contribution in [0.25, 0.3) is 5.69 Å². The molecule has 1 aromatic heterocycles. The molecule has 0 radical (unpaired) electrons. The van der Waals surface area contributed by atoms with E-state index in [-0.39, 0.29) is 17.6 Å². The lowest BCUT2D eigenvalue weighted by molar-refractivity contribution is 0.0934. The monoisotopic (exact) mass is 380 g/mol. The van der Waals surface area contributed by atoms with Gasteiger partial charge in [0.05, 0.1) is 32.1 Å². The summed E-state index contributed by atoms with van der Waals surface area (Å²) in [5, 5.41) is 11.0. The van der Waals surface area contributed by atoms with Gasteiger partial charge in [0.15, 0.2) is 17.2 Å². The first-order chi connectivity index (χ1) is 13.4.